The molecule has 0 aliphatic heterocycles. The van der Waals surface area contributed by atoms with E-state index in [1.165, 1.54) is 24.3 Å². The third kappa shape index (κ3) is 5.02. The van der Waals surface area contributed by atoms with Crippen molar-refractivity contribution in [1.29, 1.82) is 0 Å². The predicted octanol–water partition coefficient (Wildman–Crippen LogP) is 0.596. The van der Waals surface area contributed by atoms with Gasteiger partial charge in [0.15, 0.2) is 0 Å². The van der Waals surface area contributed by atoms with Crippen LogP contribution >= 0.6 is 0 Å². The molecule has 0 aliphatic carbocycles. The van der Waals surface area contributed by atoms with Crippen molar-refractivity contribution in [2.45, 2.75) is 4.90 Å². The number of anilines is 1. The predicted molar refractivity (Wildman–Crippen MR) is 93.9 cm³/mol. The van der Waals surface area contributed by atoms with E-state index in [1.54, 1.807) is 35.2 Å². The van der Waals surface area contributed by atoms with Gasteiger partial charge in [-0.15, -0.1) is 0 Å². The molecular formula is C17H20N2O5S. The minimum atomic E-state index is -3.99. The lowest BCUT2D eigenvalue weighted by Gasteiger charge is -2.23. The zero-order valence-electron chi connectivity index (χ0n) is 13.5. The summed E-state index contributed by atoms with van der Waals surface area (Å²) in [7, 11) is -3.99. The molecule has 3 N–H and O–H groups in total. The van der Waals surface area contributed by atoms with Gasteiger partial charge < -0.3 is 15.1 Å². The molecule has 0 atom stereocenters. The van der Waals surface area contributed by atoms with Gasteiger partial charge in [0.25, 0.3) is 15.9 Å². The first-order valence-corrected chi connectivity index (χ1v) is 9.15. The van der Waals surface area contributed by atoms with Gasteiger partial charge in [-0.25, -0.2) is 13.1 Å². The highest BCUT2D eigenvalue weighted by Gasteiger charge is 2.19. The lowest BCUT2D eigenvalue weighted by Crippen LogP contribution is -2.31. The second kappa shape index (κ2) is 8.61. The Morgan fingerprint density at radius 2 is 1.48 bits per heavy atom. The molecule has 2 rings (SSSR count). The fourth-order valence-electron chi connectivity index (χ4n) is 2.28. The summed E-state index contributed by atoms with van der Waals surface area (Å²) in [5, 5.41) is 18.1. The molecule has 2 aromatic carbocycles. The maximum Gasteiger partial charge on any atom is 0.264 e. The molecule has 0 aliphatic rings. The minimum absolute atomic E-state index is 0.0477. The third-order valence-electron chi connectivity index (χ3n) is 3.52. The average Bonchev–Trinajstić information content (AvgIpc) is 2.62. The summed E-state index contributed by atoms with van der Waals surface area (Å²) < 4.78 is 26.7. The van der Waals surface area contributed by atoms with Crippen LogP contribution in [0.2, 0.25) is 0 Å². The van der Waals surface area contributed by atoms with Crippen LogP contribution in [0.25, 0.3) is 0 Å². The molecule has 0 bridgehead atoms. The SMILES string of the molecule is O=C(NS(=O)(=O)c1ccc(N(CCO)CCO)cc1)c1ccccc1. The van der Waals surface area contributed by atoms with Crippen LogP contribution in [0.1, 0.15) is 10.4 Å². The fourth-order valence-corrected chi connectivity index (χ4v) is 3.25. The first kappa shape index (κ1) is 18.9. The van der Waals surface area contributed by atoms with Gasteiger partial charge in [0.1, 0.15) is 0 Å². The van der Waals surface area contributed by atoms with Crippen molar-refractivity contribution in [2.24, 2.45) is 0 Å². The third-order valence-corrected chi connectivity index (χ3v) is 4.86. The van der Waals surface area contributed by atoms with Crippen LogP contribution in [0.4, 0.5) is 5.69 Å². The Morgan fingerprint density at radius 1 is 0.920 bits per heavy atom. The van der Waals surface area contributed by atoms with Crippen molar-refractivity contribution in [3.63, 3.8) is 0 Å². The number of hydrogen-bond acceptors (Lipinski definition) is 6. The minimum Gasteiger partial charge on any atom is -0.395 e. The quantitative estimate of drug-likeness (QED) is 0.633. The van der Waals surface area contributed by atoms with E-state index < -0.39 is 15.9 Å². The van der Waals surface area contributed by atoms with Crippen LogP contribution < -0.4 is 9.62 Å². The number of rotatable bonds is 8. The Morgan fingerprint density at radius 3 is 2.00 bits per heavy atom. The van der Waals surface area contributed by atoms with Crippen LogP contribution in [0.15, 0.2) is 59.5 Å². The first-order valence-electron chi connectivity index (χ1n) is 7.67. The molecule has 0 radical (unpaired) electrons. The van der Waals surface area contributed by atoms with Gasteiger partial charge in [-0.1, -0.05) is 18.2 Å². The number of benzene rings is 2. The van der Waals surface area contributed by atoms with Gasteiger partial charge in [-0.05, 0) is 36.4 Å². The standard InChI is InChI=1S/C17H20N2O5S/c20-12-10-19(11-13-21)15-6-8-16(9-7-15)25(23,24)18-17(22)14-4-2-1-3-5-14/h1-9,20-21H,10-13H2,(H,18,22). The van der Waals surface area contributed by atoms with Crippen molar-refractivity contribution in [3.8, 4) is 0 Å². The van der Waals surface area contributed by atoms with E-state index in [1.807, 2.05) is 4.72 Å². The Bertz CT molecular complexity index is 786. The summed E-state index contributed by atoms with van der Waals surface area (Å²) in [4.78, 5) is 13.7. The van der Waals surface area contributed by atoms with Crippen LogP contribution in [-0.4, -0.2) is 50.8 Å². The summed E-state index contributed by atoms with van der Waals surface area (Å²) in [5.41, 5.74) is 0.913. The van der Waals surface area contributed by atoms with E-state index in [2.05, 4.69) is 0 Å². The Hall–Kier alpha value is -2.42. The lowest BCUT2D eigenvalue weighted by molar-refractivity contribution is 0.0981. The Kier molecular flexibility index (Phi) is 6.51. The molecule has 2 aromatic rings. The van der Waals surface area contributed by atoms with Crippen molar-refractivity contribution < 1.29 is 23.4 Å². The van der Waals surface area contributed by atoms with Crippen molar-refractivity contribution in [2.75, 3.05) is 31.2 Å². The number of hydrogen-bond donors (Lipinski definition) is 3. The van der Waals surface area contributed by atoms with Gasteiger partial charge in [0.2, 0.25) is 0 Å². The second-order valence-corrected chi connectivity index (χ2v) is 6.91. The molecule has 1 amide bonds. The van der Waals surface area contributed by atoms with Crippen LogP contribution in [0.3, 0.4) is 0 Å². The number of amides is 1. The van der Waals surface area contributed by atoms with Crippen LogP contribution in [0.5, 0.6) is 0 Å². The van der Waals surface area contributed by atoms with Gasteiger partial charge in [0, 0.05) is 24.3 Å². The van der Waals surface area contributed by atoms with Crippen LogP contribution in [0, 0.1) is 0 Å². The first-order chi connectivity index (χ1) is 12.0. The summed E-state index contributed by atoms with van der Waals surface area (Å²) in [6, 6.07) is 13.9. The number of carbonyl (C=O) groups is 1. The number of aliphatic hydroxyl groups excluding tert-OH is 2. The Balaban J connectivity index is 2.15. The largest absolute Gasteiger partial charge is 0.395 e. The van der Waals surface area contributed by atoms with E-state index in [4.69, 9.17) is 10.2 Å². The van der Waals surface area contributed by atoms with E-state index in [0.717, 1.165) is 0 Å². The van der Waals surface area contributed by atoms with Gasteiger partial charge in [-0.2, -0.15) is 0 Å². The molecule has 0 aromatic heterocycles. The monoisotopic (exact) mass is 364 g/mol. The lowest BCUT2D eigenvalue weighted by atomic mass is 10.2. The molecule has 0 saturated heterocycles. The zero-order valence-corrected chi connectivity index (χ0v) is 14.3. The molecule has 0 unspecified atom stereocenters. The smallest absolute Gasteiger partial charge is 0.264 e. The number of sulfonamides is 1. The molecular weight excluding hydrogens is 344 g/mol. The normalized spacial score (nSPS) is 11.1. The highest BCUT2D eigenvalue weighted by Crippen LogP contribution is 2.18. The molecule has 0 spiro atoms. The number of nitrogens with zero attached hydrogens (tertiary/aromatic N) is 1. The van der Waals surface area contributed by atoms with Crippen molar-refractivity contribution in [1.82, 2.24) is 4.72 Å². The maximum atomic E-state index is 12.3. The molecule has 0 fully saturated rings. The highest BCUT2D eigenvalue weighted by atomic mass is 32.2. The molecule has 25 heavy (non-hydrogen) atoms. The van der Waals surface area contributed by atoms with Crippen molar-refractivity contribution in [3.05, 3.63) is 60.2 Å². The zero-order chi connectivity index (χ0) is 18.3. The number of nitrogens with one attached hydrogen (secondary N) is 1. The fraction of sp³-hybridized carbons (Fsp3) is 0.235. The van der Waals surface area contributed by atoms with Gasteiger partial charge >= 0.3 is 0 Å². The number of carbonyl (C=O) groups excluding carboxylic acids is 1. The summed E-state index contributed by atoms with van der Waals surface area (Å²) in [5.74, 6) is -0.702. The average molecular weight is 364 g/mol. The van der Waals surface area contributed by atoms with Crippen molar-refractivity contribution >= 4 is 21.6 Å². The molecule has 0 saturated carbocycles. The molecule has 134 valence electrons. The van der Waals surface area contributed by atoms with E-state index in [9.17, 15) is 13.2 Å². The van der Waals surface area contributed by atoms with E-state index in [0.29, 0.717) is 18.8 Å². The van der Waals surface area contributed by atoms with Gasteiger partial charge in [-0.3, -0.25) is 4.79 Å². The highest BCUT2D eigenvalue weighted by molar-refractivity contribution is 7.90. The molecule has 8 heteroatoms. The van der Waals surface area contributed by atoms with Crippen LogP contribution in [-0.2, 0) is 10.0 Å². The number of aliphatic hydroxyl groups is 2. The summed E-state index contributed by atoms with van der Waals surface area (Å²) in [6.45, 7) is 0.454. The Labute approximate surface area is 146 Å². The second-order valence-electron chi connectivity index (χ2n) is 5.23. The van der Waals surface area contributed by atoms with E-state index >= 15 is 0 Å². The van der Waals surface area contributed by atoms with Gasteiger partial charge in [0.05, 0.1) is 18.1 Å². The maximum absolute atomic E-state index is 12.3. The summed E-state index contributed by atoms with van der Waals surface area (Å²) >= 11 is 0. The molecule has 0 heterocycles. The summed E-state index contributed by atoms with van der Waals surface area (Å²) in [6.07, 6.45) is 0. The molecule has 7 nitrogen and oxygen atoms in total. The topological polar surface area (TPSA) is 107 Å². The van der Waals surface area contributed by atoms with E-state index in [-0.39, 0.29) is 23.7 Å².